The number of ketones is 1. The van der Waals surface area contributed by atoms with E-state index in [4.69, 9.17) is 0 Å². The van der Waals surface area contributed by atoms with Gasteiger partial charge in [0.25, 0.3) is 0 Å². The molecule has 3 nitrogen and oxygen atoms in total. The Bertz CT molecular complexity index is 267. The molecule has 1 heterocycles. The molecule has 3 heteroatoms. The number of nitrogens with zero attached hydrogens (tertiary/aromatic N) is 2. The first-order valence-electron chi connectivity index (χ1n) is 3.70. The zero-order chi connectivity index (χ0) is 7.68. The molecule has 0 aliphatic heterocycles. The van der Waals surface area contributed by atoms with E-state index in [1.165, 1.54) is 0 Å². The molecule has 1 aliphatic rings. The molecule has 2 rings (SSSR count). The van der Waals surface area contributed by atoms with E-state index in [1.54, 1.807) is 18.3 Å². The van der Waals surface area contributed by atoms with Crippen molar-refractivity contribution in [2.45, 2.75) is 12.8 Å². The SMILES string of the molecule is O=C(c1cccnn1)C1CC1. The zero-order valence-corrected chi connectivity index (χ0v) is 6.03. The van der Waals surface area contributed by atoms with Crippen molar-refractivity contribution in [3.63, 3.8) is 0 Å². The molecule has 0 saturated heterocycles. The number of aromatic nitrogens is 2. The van der Waals surface area contributed by atoms with Crippen LogP contribution < -0.4 is 0 Å². The average Bonchev–Trinajstić information content (AvgIpc) is 2.87. The molecule has 0 aromatic carbocycles. The molecule has 0 atom stereocenters. The Morgan fingerprint density at radius 2 is 2.36 bits per heavy atom. The van der Waals surface area contributed by atoms with Crippen LogP contribution >= 0.6 is 0 Å². The Morgan fingerprint density at radius 3 is 2.91 bits per heavy atom. The lowest BCUT2D eigenvalue weighted by Gasteiger charge is -1.92. The molecule has 0 radical (unpaired) electrons. The summed E-state index contributed by atoms with van der Waals surface area (Å²) in [5.74, 6) is 0.393. The second-order valence-electron chi connectivity index (χ2n) is 2.75. The summed E-state index contributed by atoms with van der Waals surface area (Å²) in [5, 5.41) is 7.39. The summed E-state index contributed by atoms with van der Waals surface area (Å²) in [6.45, 7) is 0. The fraction of sp³-hybridized carbons (Fsp3) is 0.375. The number of Topliss-reactive ketones (excluding diaryl/α,β-unsaturated/α-hetero) is 1. The number of hydrogen-bond acceptors (Lipinski definition) is 3. The first kappa shape index (κ1) is 6.46. The highest BCUT2D eigenvalue weighted by Crippen LogP contribution is 2.31. The third-order valence-corrected chi connectivity index (χ3v) is 1.77. The minimum absolute atomic E-state index is 0.151. The third kappa shape index (κ3) is 1.27. The summed E-state index contributed by atoms with van der Waals surface area (Å²) in [7, 11) is 0. The van der Waals surface area contributed by atoms with Gasteiger partial charge in [-0.3, -0.25) is 4.79 Å². The molecule has 0 unspecified atom stereocenters. The van der Waals surface area contributed by atoms with Crippen LogP contribution in [0.15, 0.2) is 18.3 Å². The highest BCUT2D eigenvalue weighted by molar-refractivity contribution is 5.97. The first-order chi connectivity index (χ1) is 5.38. The third-order valence-electron chi connectivity index (χ3n) is 1.77. The monoisotopic (exact) mass is 148 g/mol. The van der Waals surface area contributed by atoms with Crippen LogP contribution in [0.1, 0.15) is 23.3 Å². The maximum atomic E-state index is 11.3. The van der Waals surface area contributed by atoms with Gasteiger partial charge in [0.05, 0.1) is 0 Å². The van der Waals surface area contributed by atoms with Gasteiger partial charge in [0, 0.05) is 12.1 Å². The summed E-state index contributed by atoms with van der Waals surface area (Å²) >= 11 is 0. The van der Waals surface area contributed by atoms with E-state index < -0.39 is 0 Å². The molecular formula is C8H8N2O. The lowest BCUT2D eigenvalue weighted by Crippen LogP contribution is -2.04. The normalized spacial score (nSPS) is 16.4. The molecule has 0 amide bonds. The van der Waals surface area contributed by atoms with Crippen LogP contribution in [0.2, 0.25) is 0 Å². The molecule has 1 aromatic heterocycles. The van der Waals surface area contributed by atoms with Crippen LogP contribution in [0, 0.1) is 5.92 Å². The van der Waals surface area contributed by atoms with Crippen LogP contribution in [0.25, 0.3) is 0 Å². The van der Waals surface area contributed by atoms with Crippen molar-refractivity contribution in [2.75, 3.05) is 0 Å². The minimum Gasteiger partial charge on any atom is -0.292 e. The molecule has 56 valence electrons. The van der Waals surface area contributed by atoms with Gasteiger partial charge in [0.2, 0.25) is 0 Å². The summed E-state index contributed by atoms with van der Waals surface area (Å²) in [4.78, 5) is 11.3. The smallest absolute Gasteiger partial charge is 0.186 e. The Morgan fingerprint density at radius 1 is 1.55 bits per heavy atom. The topological polar surface area (TPSA) is 42.9 Å². The summed E-state index contributed by atoms with van der Waals surface area (Å²) in [6.07, 6.45) is 3.62. The quantitative estimate of drug-likeness (QED) is 0.589. The summed E-state index contributed by atoms with van der Waals surface area (Å²) in [6, 6.07) is 3.45. The van der Waals surface area contributed by atoms with Crippen molar-refractivity contribution in [3.8, 4) is 0 Å². The zero-order valence-electron chi connectivity index (χ0n) is 6.03. The van der Waals surface area contributed by atoms with Gasteiger partial charge >= 0.3 is 0 Å². The van der Waals surface area contributed by atoms with E-state index in [0.717, 1.165) is 12.8 Å². The fourth-order valence-electron chi connectivity index (χ4n) is 0.988. The lowest BCUT2D eigenvalue weighted by molar-refractivity contribution is 0.0961. The molecule has 1 saturated carbocycles. The Labute approximate surface area is 64.5 Å². The number of carbonyl (C=O) groups is 1. The van der Waals surface area contributed by atoms with Crippen molar-refractivity contribution in [3.05, 3.63) is 24.0 Å². The molecule has 1 aromatic rings. The Kier molecular flexibility index (Phi) is 1.42. The van der Waals surface area contributed by atoms with Gasteiger partial charge in [-0.1, -0.05) is 0 Å². The van der Waals surface area contributed by atoms with Crippen LogP contribution in [-0.2, 0) is 0 Å². The summed E-state index contributed by atoms with van der Waals surface area (Å²) < 4.78 is 0. The fourth-order valence-corrected chi connectivity index (χ4v) is 0.988. The van der Waals surface area contributed by atoms with Gasteiger partial charge in [-0.2, -0.15) is 5.10 Å². The van der Waals surface area contributed by atoms with E-state index in [1.807, 2.05) is 0 Å². The van der Waals surface area contributed by atoms with E-state index in [9.17, 15) is 4.79 Å². The predicted octanol–water partition coefficient (Wildman–Crippen LogP) is 1.07. The van der Waals surface area contributed by atoms with Gasteiger partial charge in [0.15, 0.2) is 5.78 Å². The van der Waals surface area contributed by atoms with Crippen LogP contribution in [0.5, 0.6) is 0 Å². The van der Waals surface area contributed by atoms with Crippen molar-refractivity contribution in [1.82, 2.24) is 10.2 Å². The first-order valence-corrected chi connectivity index (χ1v) is 3.70. The van der Waals surface area contributed by atoms with Crippen LogP contribution in [0.4, 0.5) is 0 Å². The molecular weight excluding hydrogens is 140 g/mol. The maximum absolute atomic E-state index is 11.3. The molecule has 0 N–H and O–H groups in total. The van der Waals surface area contributed by atoms with E-state index in [0.29, 0.717) is 5.69 Å². The van der Waals surface area contributed by atoms with Gasteiger partial charge in [0.1, 0.15) is 5.69 Å². The molecule has 1 fully saturated rings. The molecule has 1 aliphatic carbocycles. The molecule has 0 spiro atoms. The Hall–Kier alpha value is -1.25. The van der Waals surface area contributed by atoms with E-state index in [2.05, 4.69) is 10.2 Å². The second kappa shape index (κ2) is 2.42. The Balaban J connectivity index is 2.22. The molecule has 0 bridgehead atoms. The highest BCUT2D eigenvalue weighted by Gasteiger charge is 2.31. The van der Waals surface area contributed by atoms with Crippen LogP contribution in [-0.4, -0.2) is 16.0 Å². The van der Waals surface area contributed by atoms with Crippen molar-refractivity contribution in [2.24, 2.45) is 5.92 Å². The van der Waals surface area contributed by atoms with E-state index in [-0.39, 0.29) is 11.7 Å². The number of carbonyl (C=O) groups excluding carboxylic acids is 1. The number of rotatable bonds is 2. The second-order valence-corrected chi connectivity index (χ2v) is 2.75. The maximum Gasteiger partial charge on any atom is 0.186 e. The minimum atomic E-state index is 0.151. The van der Waals surface area contributed by atoms with E-state index >= 15 is 0 Å². The van der Waals surface area contributed by atoms with Gasteiger partial charge in [-0.15, -0.1) is 5.10 Å². The lowest BCUT2D eigenvalue weighted by atomic mass is 10.2. The van der Waals surface area contributed by atoms with Gasteiger partial charge < -0.3 is 0 Å². The number of hydrogen-bond donors (Lipinski definition) is 0. The standard InChI is InChI=1S/C8H8N2O/c11-8(6-3-4-6)7-2-1-5-9-10-7/h1-2,5-6H,3-4H2. The average molecular weight is 148 g/mol. The van der Waals surface area contributed by atoms with Gasteiger partial charge in [-0.05, 0) is 25.0 Å². The van der Waals surface area contributed by atoms with Gasteiger partial charge in [-0.25, -0.2) is 0 Å². The van der Waals surface area contributed by atoms with Crippen molar-refractivity contribution >= 4 is 5.78 Å². The van der Waals surface area contributed by atoms with Crippen molar-refractivity contribution in [1.29, 1.82) is 0 Å². The largest absolute Gasteiger partial charge is 0.292 e. The van der Waals surface area contributed by atoms with Crippen LogP contribution in [0.3, 0.4) is 0 Å². The summed E-state index contributed by atoms with van der Waals surface area (Å²) in [5.41, 5.74) is 0.509. The predicted molar refractivity (Wildman–Crippen MR) is 39.1 cm³/mol. The van der Waals surface area contributed by atoms with Crippen molar-refractivity contribution < 1.29 is 4.79 Å². The molecule has 11 heavy (non-hydrogen) atoms. The highest BCUT2D eigenvalue weighted by atomic mass is 16.1.